The molecule has 1 amide bonds. The number of nitrogens with zero attached hydrogens (tertiary/aromatic N) is 4. The molecule has 3 heterocycles. The normalized spacial score (nSPS) is 15.3. The summed E-state index contributed by atoms with van der Waals surface area (Å²) in [5.74, 6) is -2.30. The van der Waals surface area contributed by atoms with Crippen molar-refractivity contribution in [1.29, 1.82) is 0 Å². The monoisotopic (exact) mass is 544 g/mol. The third-order valence-electron chi connectivity index (χ3n) is 5.99. The predicted molar refractivity (Wildman–Crippen MR) is 135 cm³/mol. The number of benzene rings is 2. The van der Waals surface area contributed by atoms with Crippen molar-refractivity contribution in [3.63, 3.8) is 0 Å². The van der Waals surface area contributed by atoms with Gasteiger partial charge in [-0.15, -0.1) is 0 Å². The first-order valence-corrected chi connectivity index (χ1v) is 12.1. The van der Waals surface area contributed by atoms with Gasteiger partial charge in [-0.05, 0) is 25.1 Å². The first-order valence-electron chi connectivity index (χ1n) is 11.8. The summed E-state index contributed by atoms with van der Waals surface area (Å²) in [6.45, 7) is 2.99. The Morgan fingerprint density at radius 2 is 1.97 bits per heavy atom. The Balaban J connectivity index is 1.60. The van der Waals surface area contributed by atoms with Gasteiger partial charge in [-0.1, -0.05) is 29.8 Å². The fourth-order valence-corrected chi connectivity index (χ4v) is 4.31. The summed E-state index contributed by atoms with van der Waals surface area (Å²) >= 11 is 6.42. The first kappa shape index (κ1) is 25.8. The number of aromatic amines is 1. The highest BCUT2D eigenvalue weighted by Gasteiger charge is 2.31. The van der Waals surface area contributed by atoms with Crippen LogP contribution in [0, 0.1) is 11.6 Å². The van der Waals surface area contributed by atoms with Crippen LogP contribution < -0.4 is 10.1 Å². The number of rotatable bonds is 7. The largest absolute Gasteiger partial charge is 0.421 e. The minimum absolute atomic E-state index is 0.0868. The maximum atomic E-state index is 14.3. The van der Waals surface area contributed by atoms with Crippen LogP contribution >= 0.6 is 11.6 Å². The first-order chi connectivity index (χ1) is 18.3. The number of carbonyl (C=O) groups is 1. The zero-order valence-corrected chi connectivity index (χ0v) is 20.9. The van der Waals surface area contributed by atoms with E-state index in [0.29, 0.717) is 54.0 Å². The number of aliphatic hydroxyl groups is 1. The van der Waals surface area contributed by atoms with E-state index in [1.165, 1.54) is 6.92 Å². The minimum Gasteiger partial charge on any atom is -0.421 e. The van der Waals surface area contributed by atoms with Gasteiger partial charge in [0.1, 0.15) is 23.4 Å². The molecule has 2 atom stereocenters. The standard InChI is InChI=1S/C25H23ClF2N6O4/c1-13(35)20(24(36)34-8-10-37-11-9-34)29-22-19-21(15-4-2-3-5-16(15)26)32-33-23(19)31-25(30-22)38-18-7-6-14(27)12-17(18)28/h2-7,12-13,20,35H,8-11H2,1H3,(H2,29,30,31,32,33). The van der Waals surface area contributed by atoms with Crippen molar-refractivity contribution in [3.8, 4) is 23.0 Å². The lowest BCUT2D eigenvalue weighted by molar-refractivity contribution is -0.138. The molecule has 0 radical (unpaired) electrons. The second-order valence-electron chi connectivity index (χ2n) is 8.61. The van der Waals surface area contributed by atoms with E-state index < -0.39 is 23.8 Å². The molecule has 0 saturated carbocycles. The summed E-state index contributed by atoms with van der Waals surface area (Å²) in [5, 5.41) is 21.5. The summed E-state index contributed by atoms with van der Waals surface area (Å²) in [7, 11) is 0. The molecule has 1 saturated heterocycles. The third kappa shape index (κ3) is 5.23. The van der Waals surface area contributed by atoms with E-state index in [1.807, 2.05) is 0 Å². The van der Waals surface area contributed by atoms with Crippen molar-refractivity contribution >= 4 is 34.4 Å². The molecular formula is C25H23ClF2N6O4. The molecule has 1 fully saturated rings. The van der Waals surface area contributed by atoms with E-state index >= 15 is 0 Å². The molecular weight excluding hydrogens is 522 g/mol. The molecule has 1 aliphatic heterocycles. The number of morpholine rings is 1. The van der Waals surface area contributed by atoms with E-state index in [9.17, 15) is 18.7 Å². The van der Waals surface area contributed by atoms with E-state index in [-0.39, 0.29) is 29.1 Å². The number of hydrogen-bond acceptors (Lipinski definition) is 8. The zero-order chi connectivity index (χ0) is 26.8. The van der Waals surface area contributed by atoms with Crippen LogP contribution in [0.25, 0.3) is 22.3 Å². The van der Waals surface area contributed by atoms with Gasteiger partial charge in [0.15, 0.2) is 17.2 Å². The number of fused-ring (bicyclic) bond motifs is 1. The zero-order valence-electron chi connectivity index (χ0n) is 20.1. The summed E-state index contributed by atoms with van der Waals surface area (Å²) in [6.07, 6.45) is -1.12. The molecule has 1 aliphatic rings. The summed E-state index contributed by atoms with van der Waals surface area (Å²) in [5.41, 5.74) is 1.15. The van der Waals surface area contributed by atoms with Crippen molar-refractivity contribution in [2.24, 2.45) is 0 Å². The number of halogens is 3. The molecule has 13 heteroatoms. The highest BCUT2D eigenvalue weighted by molar-refractivity contribution is 6.33. The average molecular weight is 545 g/mol. The van der Waals surface area contributed by atoms with Crippen molar-refractivity contribution < 1.29 is 28.2 Å². The lowest BCUT2D eigenvalue weighted by atomic mass is 10.1. The Bertz CT molecular complexity index is 1480. The highest BCUT2D eigenvalue weighted by Crippen LogP contribution is 2.36. The van der Waals surface area contributed by atoms with Crippen molar-refractivity contribution in [2.75, 3.05) is 31.6 Å². The van der Waals surface area contributed by atoms with Crippen LogP contribution in [0.1, 0.15) is 6.92 Å². The van der Waals surface area contributed by atoms with Gasteiger partial charge in [-0.2, -0.15) is 15.1 Å². The van der Waals surface area contributed by atoms with Crippen LogP contribution in [0.5, 0.6) is 11.8 Å². The average Bonchev–Trinajstić information content (AvgIpc) is 3.33. The molecule has 2 aromatic carbocycles. The molecule has 2 aromatic heterocycles. The van der Waals surface area contributed by atoms with Gasteiger partial charge >= 0.3 is 6.01 Å². The highest BCUT2D eigenvalue weighted by atomic mass is 35.5. The summed E-state index contributed by atoms with van der Waals surface area (Å²) < 4.78 is 38.5. The number of nitrogens with one attached hydrogen (secondary N) is 2. The van der Waals surface area contributed by atoms with Gasteiger partial charge in [0, 0.05) is 24.7 Å². The summed E-state index contributed by atoms with van der Waals surface area (Å²) in [6, 6.07) is 8.41. The molecule has 5 rings (SSSR count). The fourth-order valence-electron chi connectivity index (χ4n) is 4.08. The maximum Gasteiger partial charge on any atom is 0.326 e. The second kappa shape index (κ2) is 10.9. The van der Waals surface area contributed by atoms with Gasteiger partial charge in [-0.3, -0.25) is 9.89 Å². The third-order valence-corrected chi connectivity index (χ3v) is 6.32. The molecule has 4 aromatic rings. The van der Waals surface area contributed by atoms with Crippen LogP contribution in [0.4, 0.5) is 14.6 Å². The predicted octanol–water partition coefficient (Wildman–Crippen LogP) is 3.76. The number of aliphatic hydroxyl groups excluding tert-OH is 1. The molecule has 0 bridgehead atoms. The minimum atomic E-state index is -1.12. The molecule has 10 nitrogen and oxygen atoms in total. The molecule has 38 heavy (non-hydrogen) atoms. The number of carbonyl (C=O) groups excluding carboxylic acids is 1. The van der Waals surface area contributed by atoms with E-state index in [1.54, 1.807) is 29.2 Å². The van der Waals surface area contributed by atoms with Crippen LogP contribution in [0.3, 0.4) is 0 Å². The van der Waals surface area contributed by atoms with Crippen LogP contribution in [0.15, 0.2) is 42.5 Å². The summed E-state index contributed by atoms with van der Waals surface area (Å²) in [4.78, 5) is 23.6. The lowest BCUT2D eigenvalue weighted by Crippen LogP contribution is -2.51. The van der Waals surface area contributed by atoms with Crippen LogP contribution in [-0.4, -0.2) is 74.5 Å². The fraction of sp³-hybridized carbons (Fsp3) is 0.280. The Morgan fingerprint density at radius 1 is 1.21 bits per heavy atom. The van der Waals surface area contributed by atoms with E-state index in [4.69, 9.17) is 21.1 Å². The lowest BCUT2D eigenvalue weighted by Gasteiger charge is -2.32. The number of ether oxygens (including phenoxy) is 2. The second-order valence-corrected chi connectivity index (χ2v) is 9.01. The van der Waals surface area contributed by atoms with Gasteiger partial charge < -0.3 is 24.8 Å². The molecule has 198 valence electrons. The number of amides is 1. The van der Waals surface area contributed by atoms with Crippen molar-refractivity contribution in [2.45, 2.75) is 19.1 Å². The molecule has 2 unspecified atom stereocenters. The van der Waals surface area contributed by atoms with Crippen molar-refractivity contribution in [3.05, 3.63) is 59.1 Å². The Morgan fingerprint density at radius 3 is 2.68 bits per heavy atom. The van der Waals surface area contributed by atoms with Gasteiger partial charge in [0.05, 0.1) is 29.7 Å². The Kier molecular flexibility index (Phi) is 7.36. The number of hydrogen-bond donors (Lipinski definition) is 3. The Hall–Kier alpha value is -3.87. The van der Waals surface area contributed by atoms with Gasteiger partial charge in [-0.25, -0.2) is 8.78 Å². The number of anilines is 1. The van der Waals surface area contributed by atoms with Gasteiger partial charge in [0.25, 0.3) is 0 Å². The van der Waals surface area contributed by atoms with Gasteiger partial charge in [0.2, 0.25) is 5.91 Å². The van der Waals surface area contributed by atoms with Crippen LogP contribution in [0.2, 0.25) is 5.02 Å². The Labute approximate surface area is 220 Å². The maximum absolute atomic E-state index is 14.3. The van der Waals surface area contributed by atoms with E-state index in [0.717, 1.165) is 12.1 Å². The SMILES string of the molecule is CC(O)C(Nc1nc(Oc2ccc(F)cc2F)nc2[nH]nc(-c3ccccc3Cl)c12)C(=O)N1CCOCC1. The van der Waals surface area contributed by atoms with E-state index in [2.05, 4.69) is 25.5 Å². The quantitative estimate of drug-likeness (QED) is 0.321. The van der Waals surface area contributed by atoms with Crippen molar-refractivity contribution in [1.82, 2.24) is 25.1 Å². The van der Waals surface area contributed by atoms with Crippen LogP contribution in [-0.2, 0) is 9.53 Å². The topological polar surface area (TPSA) is 125 Å². The molecule has 0 spiro atoms. The smallest absolute Gasteiger partial charge is 0.326 e. The number of H-pyrrole nitrogens is 1. The molecule has 0 aliphatic carbocycles. The number of aromatic nitrogens is 4. The molecule has 3 N–H and O–H groups in total.